The molecule has 1 atom stereocenters. The van der Waals surface area contributed by atoms with Gasteiger partial charge in [0.2, 0.25) is 5.91 Å². The van der Waals surface area contributed by atoms with Gasteiger partial charge in [0.25, 0.3) is 0 Å². The number of aryl methyl sites for hydroxylation is 2. The molecule has 1 amide bonds. The van der Waals surface area contributed by atoms with E-state index in [-0.39, 0.29) is 17.9 Å². The van der Waals surface area contributed by atoms with Crippen LogP contribution in [0.2, 0.25) is 10.0 Å². The molecule has 1 aliphatic heterocycles. The predicted molar refractivity (Wildman–Crippen MR) is 117 cm³/mol. The molecule has 0 bridgehead atoms. The fourth-order valence-electron chi connectivity index (χ4n) is 3.70. The summed E-state index contributed by atoms with van der Waals surface area (Å²) in [7, 11) is 0. The number of carbonyl (C=O) groups excluding carboxylic acids is 1. The third-order valence-corrected chi connectivity index (χ3v) is 6.48. The zero-order valence-corrected chi connectivity index (χ0v) is 18.3. The number of piperidine rings is 1. The Morgan fingerprint density at radius 3 is 2.43 bits per heavy atom. The number of amides is 1. The lowest BCUT2D eigenvalue weighted by Gasteiger charge is -2.32. The lowest BCUT2D eigenvalue weighted by Crippen LogP contribution is -2.40. The third-order valence-electron chi connectivity index (χ3n) is 5.74. The largest absolute Gasteiger partial charge is 0.349 e. The van der Waals surface area contributed by atoms with Crippen LogP contribution >= 0.6 is 23.2 Å². The maximum absolute atomic E-state index is 12.7. The standard InChI is InChI=1S/C23H28Cl2N2O/c1-15-4-6-20(12-16(15)2)17(3)26-23(28)19-8-10-27(11-9-19)14-18-5-7-21(24)22(25)13-18/h4-7,12-13,17,19H,8-11,14H2,1-3H3,(H,26,28)/t17-/m1/s1. The first-order chi connectivity index (χ1) is 13.3. The van der Waals surface area contributed by atoms with E-state index in [1.54, 1.807) is 0 Å². The van der Waals surface area contributed by atoms with Crippen LogP contribution in [0.3, 0.4) is 0 Å². The summed E-state index contributed by atoms with van der Waals surface area (Å²) < 4.78 is 0. The van der Waals surface area contributed by atoms with Crippen LogP contribution in [-0.4, -0.2) is 23.9 Å². The zero-order valence-electron chi connectivity index (χ0n) is 16.8. The van der Waals surface area contributed by atoms with E-state index in [4.69, 9.17) is 23.2 Å². The van der Waals surface area contributed by atoms with Crippen molar-refractivity contribution in [2.24, 2.45) is 5.92 Å². The summed E-state index contributed by atoms with van der Waals surface area (Å²) in [5.74, 6) is 0.249. The van der Waals surface area contributed by atoms with Crippen LogP contribution in [0, 0.1) is 19.8 Å². The first-order valence-electron chi connectivity index (χ1n) is 9.87. The number of rotatable bonds is 5. The topological polar surface area (TPSA) is 32.3 Å². The van der Waals surface area contributed by atoms with Crippen LogP contribution in [0.4, 0.5) is 0 Å². The van der Waals surface area contributed by atoms with E-state index < -0.39 is 0 Å². The minimum atomic E-state index is 0.0287. The van der Waals surface area contributed by atoms with E-state index in [0.717, 1.165) is 43.6 Å². The van der Waals surface area contributed by atoms with Gasteiger partial charge in [-0.1, -0.05) is 47.5 Å². The van der Waals surface area contributed by atoms with Crippen molar-refractivity contribution in [2.75, 3.05) is 13.1 Å². The molecular weight excluding hydrogens is 391 g/mol. The highest BCUT2D eigenvalue weighted by molar-refractivity contribution is 6.42. The summed E-state index contributed by atoms with van der Waals surface area (Å²) in [6, 6.07) is 12.2. The average molecular weight is 419 g/mol. The fraction of sp³-hybridized carbons (Fsp3) is 0.435. The van der Waals surface area contributed by atoms with Crippen LogP contribution in [0.5, 0.6) is 0 Å². The molecule has 1 saturated heterocycles. The van der Waals surface area contributed by atoms with Gasteiger partial charge in [-0.05, 0) is 81.1 Å². The van der Waals surface area contributed by atoms with Gasteiger partial charge in [0.05, 0.1) is 16.1 Å². The maximum atomic E-state index is 12.7. The molecule has 1 fully saturated rings. The highest BCUT2D eigenvalue weighted by Gasteiger charge is 2.26. The number of hydrogen-bond acceptors (Lipinski definition) is 2. The van der Waals surface area contributed by atoms with Crippen molar-refractivity contribution in [3.8, 4) is 0 Å². The van der Waals surface area contributed by atoms with Crippen LogP contribution in [0.25, 0.3) is 0 Å². The Morgan fingerprint density at radius 1 is 1.07 bits per heavy atom. The first-order valence-corrected chi connectivity index (χ1v) is 10.6. The monoisotopic (exact) mass is 418 g/mol. The number of benzene rings is 2. The zero-order chi connectivity index (χ0) is 20.3. The molecule has 0 aromatic heterocycles. The van der Waals surface area contributed by atoms with E-state index in [1.165, 1.54) is 11.1 Å². The number of likely N-dealkylation sites (tertiary alicyclic amines) is 1. The molecule has 1 heterocycles. The molecule has 28 heavy (non-hydrogen) atoms. The van der Waals surface area contributed by atoms with Crippen molar-refractivity contribution < 1.29 is 4.79 Å². The number of hydrogen-bond donors (Lipinski definition) is 1. The molecule has 3 nitrogen and oxygen atoms in total. The fourth-order valence-corrected chi connectivity index (χ4v) is 4.02. The molecule has 3 rings (SSSR count). The van der Waals surface area contributed by atoms with Crippen molar-refractivity contribution >= 4 is 29.1 Å². The third kappa shape index (κ3) is 5.28. The van der Waals surface area contributed by atoms with Gasteiger partial charge in [-0.15, -0.1) is 0 Å². The van der Waals surface area contributed by atoms with Gasteiger partial charge in [-0.25, -0.2) is 0 Å². The van der Waals surface area contributed by atoms with Gasteiger partial charge in [0.15, 0.2) is 0 Å². The average Bonchev–Trinajstić information content (AvgIpc) is 2.67. The number of halogens is 2. The summed E-state index contributed by atoms with van der Waals surface area (Å²) in [6.07, 6.45) is 1.76. The minimum absolute atomic E-state index is 0.0287. The second-order valence-corrected chi connectivity index (χ2v) is 8.69. The van der Waals surface area contributed by atoms with E-state index in [2.05, 4.69) is 49.2 Å². The van der Waals surface area contributed by atoms with Crippen molar-refractivity contribution in [3.63, 3.8) is 0 Å². The Kier molecular flexibility index (Phi) is 7.03. The number of nitrogens with one attached hydrogen (secondary N) is 1. The van der Waals surface area contributed by atoms with Crippen LogP contribution < -0.4 is 5.32 Å². The van der Waals surface area contributed by atoms with Gasteiger partial charge >= 0.3 is 0 Å². The molecule has 150 valence electrons. The quantitative estimate of drug-likeness (QED) is 0.674. The Bertz CT molecular complexity index is 844. The number of nitrogens with zero attached hydrogens (tertiary/aromatic N) is 1. The van der Waals surface area contributed by atoms with Gasteiger partial charge in [0.1, 0.15) is 0 Å². The second kappa shape index (κ2) is 9.30. The second-order valence-electron chi connectivity index (χ2n) is 7.87. The molecule has 1 aliphatic rings. The molecule has 0 spiro atoms. The van der Waals surface area contributed by atoms with Crippen molar-refractivity contribution in [1.29, 1.82) is 0 Å². The van der Waals surface area contributed by atoms with E-state index in [1.807, 2.05) is 18.2 Å². The molecule has 0 unspecified atom stereocenters. The Balaban J connectivity index is 1.50. The SMILES string of the molecule is Cc1ccc([C@@H](C)NC(=O)C2CCN(Cc3ccc(Cl)c(Cl)c3)CC2)cc1C. The van der Waals surface area contributed by atoms with E-state index in [9.17, 15) is 4.79 Å². The summed E-state index contributed by atoms with van der Waals surface area (Å²) >= 11 is 12.1. The lowest BCUT2D eigenvalue weighted by atomic mass is 9.94. The van der Waals surface area contributed by atoms with E-state index >= 15 is 0 Å². The predicted octanol–water partition coefficient (Wildman–Crippen LogP) is 5.70. The molecule has 5 heteroatoms. The van der Waals surface area contributed by atoms with Gasteiger partial charge in [-0.3, -0.25) is 9.69 Å². The van der Waals surface area contributed by atoms with E-state index in [0.29, 0.717) is 10.0 Å². The lowest BCUT2D eigenvalue weighted by molar-refractivity contribution is -0.127. The smallest absolute Gasteiger partial charge is 0.223 e. The van der Waals surface area contributed by atoms with Gasteiger partial charge < -0.3 is 5.32 Å². The minimum Gasteiger partial charge on any atom is -0.349 e. The molecule has 1 N–H and O–H groups in total. The van der Waals surface area contributed by atoms with Crippen molar-refractivity contribution in [2.45, 2.75) is 46.2 Å². The summed E-state index contributed by atoms with van der Waals surface area (Å²) in [5, 5.41) is 4.37. The maximum Gasteiger partial charge on any atom is 0.223 e. The number of carbonyl (C=O) groups is 1. The highest BCUT2D eigenvalue weighted by Crippen LogP contribution is 2.25. The molecular formula is C23H28Cl2N2O. The molecule has 0 saturated carbocycles. The molecule has 2 aromatic carbocycles. The molecule has 0 radical (unpaired) electrons. The summed E-state index contributed by atoms with van der Waals surface area (Å²) in [6.45, 7) is 8.93. The Labute approximate surface area is 178 Å². The highest BCUT2D eigenvalue weighted by atomic mass is 35.5. The Morgan fingerprint density at radius 2 is 1.79 bits per heavy atom. The molecule has 2 aromatic rings. The molecule has 0 aliphatic carbocycles. The van der Waals surface area contributed by atoms with Gasteiger partial charge in [-0.2, -0.15) is 0 Å². The van der Waals surface area contributed by atoms with Crippen LogP contribution in [0.1, 0.15) is 48.1 Å². The van der Waals surface area contributed by atoms with Crippen molar-refractivity contribution in [1.82, 2.24) is 10.2 Å². The van der Waals surface area contributed by atoms with Gasteiger partial charge in [0, 0.05) is 12.5 Å². The van der Waals surface area contributed by atoms with Crippen LogP contribution in [-0.2, 0) is 11.3 Å². The Hall–Kier alpha value is -1.55. The normalized spacial score (nSPS) is 16.8. The summed E-state index contributed by atoms with van der Waals surface area (Å²) in [4.78, 5) is 15.1. The first kappa shape index (κ1) is 21.2. The van der Waals surface area contributed by atoms with Crippen molar-refractivity contribution in [3.05, 3.63) is 68.7 Å². The summed E-state index contributed by atoms with van der Waals surface area (Å²) in [5.41, 5.74) is 4.85. The van der Waals surface area contributed by atoms with Crippen LogP contribution in [0.15, 0.2) is 36.4 Å².